The van der Waals surface area contributed by atoms with Gasteiger partial charge in [0.15, 0.2) is 0 Å². The van der Waals surface area contributed by atoms with Crippen LogP contribution in [0.3, 0.4) is 0 Å². The number of amides is 2. The zero-order chi connectivity index (χ0) is 12.9. The molecule has 5 nitrogen and oxygen atoms in total. The van der Waals surface area contributed by atoms with Gasteiger partial charge >= 0.3 is 12.0 Å². The van der Waals surface area contributed by atoms with Crippen LogP contribution in [0.25, 0.3) is 0 Å². The van der Waals surface area contributed by atoms with Gasteiger partial charge < -0.3 is 15.7 Å². The number of carboxylic acid groups (broad SMARTS) is 1. The lowest BCUT2D eigenvalue weighted by Crippen LogP contribution is -2.54. The zero-order valence-corrected chi connectivity index (χ0v) is 10.6. The standard InChI is InChI=1S/C11H22N2O3/c1-7(2)6-8(3)12-10(16)13-11(4,5)9(14)15/h7-8H,6H2,1-5H3,(H,14,15)(H2,12,13,16). The highest BCUT2D eigenvalue weighted by molar-refractivity contribution is 5.85. The van der Waals surface area contributed by atoms with E-state index in [1.807, 2.05) is 6.92 Å². The maximum absolute atomic E-state index is 11.5. The fraction of sp³-hybridized carbons (Fsp3) is 0.818. The highest BCUT2D eigenvalue weighted by Gasteiger charge is 2.29. The van der Waals surface area contributed by atoms with Crippen molar-refractivity contribution in [1.29, 1.82) is 0 Å². The Labute approximate surface area is 96.6 Å². The predicted octanol–water partition coefficient (Wildman–Crippen LogP) is 1.58. The third kappa shape index (κ3) is 5.58. The van der Waals surface area contributed by atoms with Gasteiger partial charge in [0, 0.05) is 6.04 Å². The van der Waals surface area contributed by atoms with Gasteiger partial charge in [-0.15, -0.1) is 0 Å². The molecule has 0 aromatic heterocycles. The summed E-state index contributed by atoms with van der Waals surface area (Å²) in [6.45, 7) is 8.92. The Morgan fingerprint density at radius 1 is 1.25 bits per heavy atom. The molecule has 0 spiro atoms. The van der Waals surface area contributed by atoms with Crippen molar-refractivity contribution in [2.24, 2.45) is 5.92 Å². The summed E-state index contributed by atoms with van der Waals surface area (Å²) in [5.74, 6) is -0.568. The first-order valence-corrected chi connectivity index (χ1v) is 5.47. The van der Waals surface area contributed by atoms with Gasteiger partial charge in [0.1, 0.15) is 5.54 Å². The Kier molecular flexibility index (Phi) is 5.27. The topological polar surface area (TPSA) is 78.4 Å². The first-order valence-electron chi connectivity index (χ1n) is 5.47. The van der Waals surface area contributed by atoms with Gasteiger partial charge in [-0.2, -0.15) is 0 Å². The van der Waals surface area contributed by atoms with Gasteiger partial charge in [-0.3, -0.25) is 0 Å². The van der Waals surface area contributed by atoms with Gasteiger partial charge in [-0.1, -0.05) is 13.8 Å². The second-order valence-electron chi connectivity index (χ2n) is 5.06. The molecule has 0 aliphatic heterocycles. The normalized spacial score (nSPS) is 13.4. The maximum Gasteiger partial charge on any atom is 0.328 e. The summed E-state index contributed by atoms with van der Waals surface area (Å²) in [5.41, 5.74) is -1.25. The number of urea groups is 1. The molecule has 0 fully saturated rings. The van der Waals surface area contributed by atoms with Crippen molar-refractivity contribution in [3.8, 4) is 0 Å². The molecule has 0 aliphatic rings. The van der Waals surface area contributed by atoms with Crippen LogP contribution in [-0.2, 0) is 4.79 Å². The SMILES string of the molecule is CC(C)CC(C)NC(=O)NC(C)(C)C(=O)O. The van der Waals surface area contributed by atoms with Crippen LogP contribution >= 0.6 is 0 Å². The number of carbonyl (C=O) groups is 2. The van der Waals surface area contributed by atoms with Crippen LogP contribution in [0.4, 0.5) is 4.79 Å². The predicted molar refractivity (Wildman–Crippen MR) is 62.3 cm³/mol. The first kappa shape index (κ1) is 14.7. The molecule has 0 radical (unpaired) electrons. The Morgan fingerprint density at radius 3 is 2.12 bits per heavy atom. The highest BCUT2D eigenvalue weighted by atomic mass is 16.4. The molecule has 0 heterocycles. The molecule has 0 saturated carbocycles. The van der Waals surface area contributed by atoms with Crippen LogP contribution < -0.4 is 10.6 Å². The van der Waals surface area contributed by atoms with Gasteiger partial charge in [0.2, 0.25) is 0 Å². The summed E-state index contributed by atoms with van der Waals surface area (Å²) in [7, 11) is 0. The third-order valence-corrected chi connectivity index (χ3v) is 2.16. The van der Waals surface area contributed by atoms with Crippen LogP contribution in [-0.4, -0.2) is 28.7 Å². The van der Waals surface area contributed by atoms with Crippen molar-refractivity contribution in [3.05, 3.63) is 0 Å². The van der Waals surface area contributed by atoms with Crippen molar-refractivity contribution in [2.45, 2.75) is 52.6 Å². The Balaban J connectivity index is 4.14. The highest BCUT2D eigenvalue weighted by Crippen LogP contribution is 2.05. The third-order valence-electron chi connectivity index (χ3n) is 2.16. The average molecular weight is 230 g/mol. The molecule has 0 aromatic carbocycles. The van der Waals surface area contributed by atoms with Crippen molar-refractivity contribution in [3.63, 3.8) is 0 Å². The van der Waals surface area contributed by atoms with E-state index in [4.69, 9.17) is 5.11 Å². The van der Waals surface area contributed by atoms with Crippen LogP contribution in [0, 0.1) is 5.92 Å². The number of hydrogen-bond donors (Lipinski definition) is 3. The van der Waals surface area contributed by atoms with E-state index < -0.39 is 17.5 Å². The summed E-state index contributed by atoms with van der Waals surface area (Å²) in [6.07, 6.45) is 0.862. The lowest BCUT2D eigenvalue weighted by atomic mass is 10.1. The quantitative estimate of drug-likeness (QED) is 0.671. The van der Waals surface area contributed by atoms with Gasteiger partial charge in [0.25, 0.3) is 0 Å². The second-order valence-corrected chi connectivity index (χ2v) is 5.06. The van der Waals surface area contributed by atoms with Crippen molar-refractivity contribution in [2.75, 3.05) is 0 Å². The fourth-order valence-corrected chi connectivity index (χ4v) is 1.36. The van der Waals surface area contributed by atoms with Gasteiger partial charge in [-0.25, -0.2) is 9.59 Å². The Morgan fingerprint density at radius 2 is 1.75 bits per heavy atom. The lowest BCUT2D eigenvalue weighted by molar-refractivity contribution is -0.142. The first-order chi connectivity index (χ1) is 7.15. The van der Waals surface area contributed by atoms with Crippen LogP contribution in [0.5, 0.6) is 0 Å². The van der Waals surface area contributed by atoms with E-state index in [1.54, 1.807) is 0 Å². The van der Waals surface area contributed by atoms with E-state index >= 15 is 0 Å². The summed E-state index contributed by atoms with van der Waals surface area (Å²) in [5, 5.41) is 13.9. The zero-order valence-electron chi connectivity index (χ0n) is 10.6. The summed E-state index contributed by atoms with van der Waals surface area (Å²) < 4.78 is 0. The molecule has 0 aromatic rings. The Hall–Kier alpha value is -1.26. The molecule has 94 valence electrons. The Bertz CT molecular complexity index is 262. The van der Waals surface area contributed by atoms with E-state index in [1.165, 1.54) is 13.8 Å². The summed E-state index contributed by atoms with van der Waals surface area (Å²) in [6, 6.07) is -0.412. The minimum Gasteiger partial charge on any atom is -0.480 e. The number of rotatable bonds is 5. The number of aliphatic carboxylic acids is 1. The molecular weight excluding hydrogens is 208 g/mol. The molecule has 0 aliphatic carbocycles. The number of carbonyl (C=O) groups excluding carboxylic acids is 1. The van der Waals surface area contributed by atoms with Crippen LogP contribution in [0.15, 0.2) is 0 Å². The van der Waals surface area contributed by atoms with E-state index in [2.05, 4.69) is 24.5 Å². The lowest BCUT2D eigenvalue weighted by Gasteiger charge is -2.23. The molecule has 16 heavy (non-hydrogen) atoms. The number of carboxylic acids is 1. The number of hydrogen-bond acceptors (Lipinski definition) is 2. The molecule has 1 unspecified atom stereocenters. The molecule has 1 atom stereocenters. The van der Waals surface area contributed by atoms with E-state index in [-0.39, 0.29) is 6.04 Å². The monoisotopic (exact) mass is 230 g/mol. The van der Waals surface area contributed by atoms with Crippen LogP contribution in [0.1, 0.15) is 41.0 Å². The fourth-order valence-electron chi connectivity index (χ4n) is 1.36. The summed E-state index contributed by atoms with van der Waals surface area (Å²) >= 11 is 0. The molecule has 3 N–H and O–H groups in total. The van der Waals surface area contributed by atoms with E-state index in [0.29, 0.717) is 5.92 Å². The van der Waals surface area contributed by atoms with Gasteiger partial charge in [-0.05, 0) is 33.1 Å². The molecule has 0 saturated heterocycles. The molecule has 2 amide bonds. The van der Waals surface area contributed by atoms with Crippen LogP contribution in [0.2, 0.25) is 0 Å². The molecule has 0 bridgehead atoms. The minimum atomic E-state index is -1.25. The second kappa shape index (κ2) is 5.72. The smallest absolute Gasteiger partial charge is 0.328 e. The largest absolute Gasteiger partial charge is 0.480 e. The molecule has 5 heteroatoms. The van der Waals surface area contributed by atoms with Crippen molar-refractivity contribution in [1.82, 2.24) is 10.6 Å². The maximum atomic E-state index is 11.5. The van der Waals surface area contributed by atoms with Gasteiger partial charge in [0.05, 0.1) is 0 Å². The van der Waals surface area contributed by atoms with Crippen molar-refractivity contribution >= 4 is 12.0 Å². The molecule has 0 rings (SSSR count). The minimum absolute atomic E-state index is 0.0320. The summed E-state index contributed by atoms with van der Waals surface area (Å²) in [4.78, 5) is 22.2. The van der Waals surface area contributed by atoms with E-state index in [0.717, 1.165) is 6.42 Å². The molecular formula is C11H22N2O3. The number of nitrogens with one attached hydrogen (secondary N) is 2. The van der Waals surface area contributed by atoms with E-state index in [9.17, 15) is 9.59 Å². The average Bonchev–Trinajstić information content (AvgIpc) is 1.99. The van der Waals surface area contributed by atoms with Crippen molar-refractivity contribution < 1.29 is 14.7 Å².